The van der Waals surface area contributed by atoms with Gasteiger partial charge in [0.05, 0.1) is 23.4 Å². The molecule has 1 aromatic carbocycles. The number of halogens is 1. The van der Waals surface area contributed by atoms with Gasteiger partial charge in [0.2, 0.25) is 0 Å². The number of pyridine rings is 1. The lowest BCUT2D eigenvalue weighted by molar-refractivity contribution is 0.0928. The monoisotopic (exact) mass is 410 g/mol. The van der Waals surface area contributed by atoms with Crippen molar-refractivity contribution in [1.29, 1.82) is 0 Å². The van der Waals surface area contributed by atoms with Crippen LogP contribution in [0.2, 0.25) is 5.02 Å². The first-order valence-corrected chi connectivity index (χ1v) is 10.0. The van der Waals surface area contributed by atoms with E-state index < -0.39 is 0 Å². The fourth-order valence-electron chi connectivity index (χ4n) is 3.64. The van der Waals surface area contributed by atoms with Crippen LogP contribution >= 0.6 is 11.6 Å². The molecule has 1 amide bonds. The summed E-state index contributed by atoms with van der Waals surface area (Å²) in [6, 6.07) is 13.3. The summed E-state index contributed by atoms with van der Waals surface area (Å²) in [6.07, 6.45) is 7.32. The summed E-state index contributed by atoms with van der Waals surface area (Å²) in [5.41, 5.74) is 1.22. The zero-order chi connectivity index (χ0) is 20.2. The standard InChI is InChI=1S/C22H23ClN4O2/c1-29-20-15-19(26-10-4-5-11-26)18(23)14-17(20)22(28)25-16-7-12-27(13-8-16)21-6-2-3-9-24-21/h2-6,9-11,14-16H,7-8,12-13H2,1H3,(H,25,28). The van der Waals surface area contributed by atoms with Gasteiger partial charge in [-0.3, -0.25) is 4.79 Å². The zero-order valence-corrected chi connectivity index (χ0v) is 17.0. The number of nitrogens with zero attached hydrogens (tertiary/aromatic N) is 3. The van der Waals surface area contributed by atoms with Gasteiger partial charge in [-0.05, 0) is 43.2 Å². The lowest BCUT2D eigenvalue weighted by atomic mass is 10.0. The molecule has 0 saturated carbocycles. The smallest absolute Gasteiger partial charge is 0.255 e. The highest BCUT2D eigenvalue weighted by molar-refractivity contribution is 6.33. The number of amides is 1. The Balaban J connectivity index is 1.44. The minimum atomic E-state index is -0.168. The van der Waals surface area contributed by atoms with Gasteiger partial charge >= 0.3 is 0 Å². The first kappa shape index (κ1) is 19.3. The van der Waals surface area contributed by atoms with Gasteiger partial charge in [-0.1, -0.05) is 17.7 Å². The van der Waals surface area contributed by atoms with E-state index in [1.165, 1.54) is 0 Å². The minimum absolute atomic E-state index is 0.107. The fourth-order valence-corrected chi connectivity index (χ4v) is 3.90. The number of ether oxygens (including phenoxy) is 1. The average Bonchev–Trinajstić information content (AvgIpc) is 3.29. The summed E-state index contributed by atoms with van der Waals surface area (Å²) in [5.74, 6) is 1.31. The number of methoxy groups -OCH3 is 1. The Morgan fingerprint density at radius 2 is 1.93 bits per heavy atom. The number of aromatic nitrogens is 2. The molecule has 0 spiro atoms. The van der Waals surface area contributed by atoms with Crippen molar-refractivity contribution in [2.45, 2.75) is 18.9 Å². The number of rotatable bonds is 5. The van der Waals surface area contributed by atoms with Crippen LogP contribution in [-0.4, -0.2) is 41.7 Å². The molecule has 3 heterocycles. The molecule has 1 saturated heterocycles. The predicted molar refractivity (Wildman–Crippen MR) is 114 cm³/mol. The molecule has 0 aliphatic carbocycles. The second-order valence-corrected chi connectivity index (χ2v) is 7.42. The van der Waals surface area contributed by atoms with Crippen molar-refractivity contribution in [3.05, 3.63) is 71.6 Å². The largest absolute Gasteiger partial charge is 0.496 e. The van der Waals surface area contributed by atoms with Gasteiger partial charge in [-0.2, -0.15) is 0 Å². The maximum Gasteiger partial charge on any atom is 0.255 e. The van der Waals surface area contributed by atoms with Gasteiger partial charge in [0, 0.05) is 43.8 Å². The summed E-state index contributed by atoms with van der Waals surface area (Å²) < 4.78 is 7.36. The van der Waals surface area contributed by atoms with Gasteiger partial charge in [-0.25, -0.2) is 4.98 Å². The van der Waals surface area contributed by atoms with Crippen LogP contribution in [0.25, 0.3) is 5.69 Å². The first-order chi connectivity index (χ1) is 14.2. The molecule has 0 atom stereocenters. The van der Waals surface area contributed by atoms with Crippen LogP contribution in [0.1, 0.15) is 23.2 Å². The Kier molecular flexibility index (Phi) is 5.71. The van der Waals surface area contributed by atoms with Gasteiger partial charge in [0.1, 0.15) is 11.6 Å². The van der Waals surface area contributed by atoms with Crippen molar-refractivity contribution in [2.75, 3.05) is 25.1 Å². The highest BCUT2D eigenvalue weighted by Gasteiger charge is 2.24. The second kappa shape index (κ2) is 8.57. The summed E-state index contributed by atoms with van der Waals surface area (Å²) in [4.78, 5) is 19.6. The molecule has 150 valence electrons. The summed E-state index contributed by atoms with van der Waals surface area (Å²) in [6.45, 7) is 1.71. The molecule has 3 aromatic rings. The molecule has 1 aliphatic rings. The summed E-state index contributed by atoms with van der Waals surface area (Å²) >= 11 is 6.45. The van der Waals surface area contributed by atoms with Crippen molar-refractivity contribution in [3.8, 4) is 11.4 Å². The maximum absolute atomic E-state index is 12.9. The quantitative estimate of drug-likeness (QED) is 0.692. The fraction of sp³-hybridized carbons (Fsp3) is 0.273. The van der Waals surface area contributed by atoms with Crippen LogP contribution in [0, 0.1) is 0 Å². The molecule has 1 N–H and O–H groups in total. The van der Waals surface area contributed by atoms with Crippen molar-refractivity contribution >= 4 is 23.3 Å². The number of piperidine rings is 1. The van der Waals surface area contributed by atoms with Crippen molar-refractivity contribution in [1.82, 2.24) is 14.9 Å². The van der Waals surface area contributed by atoms with Crippen LogP contribution in [0.5, 0.6) is 5.75 Å². The van der Waals surface area contributed by atoms with E-state index in [9.17, 15) is 4.79 Å². The molecule has 29 heavy (non-hydrogen) atoms. The van der Waals surface area contributed by atoms with Crippen LogP contribution in [0.4, 0.5) is 5.82 Å². The van der Waals surface area contributed by atoms with Crippen LogP contribution in [0.15, 0.2) is 61.1 Å². The highest BCUT2D eigenvalue weighted by atomic mass is 35.5. The van der Waals surface area contributed by atoms with E-state index in [2.05, 4.69) is 15.2 Å². The number of hydrogen-bond acceptors (Lipinski definition) is 4. The van der Waals surface area contributed by atoms with Gasteiger partial charge in [0.15, 0.2) is 0 Å². The van der Waals surface area contributed by atoms with Crippen LogP contribution in [-0.2, 0) is 0 Å². The number of carbonyl (C=O) groups excluding carboxylic acids is 1. The second-order valence-electron chi connectivity index (χ2n) is 7.02. The molecule has 7 heteroatoms. The Morgan fingerprint density at radius 1 is 1.17 bits per heavy atom. The van der Waals surface area contributed by atoms with Gasteiger partial charge < -0.3 is 19.5 Å². The minimum Gasteiger partial charge on any atom is -0.496 e. The molecule has 0 bridgehead atoms. The lowest BCUT2D eigenvalue weighted by Crippen LogP contribution is -2.45. The van der Waals surface area contributed by atoms with Crippen LogP contribution in [0.3, 0.4) is 0 Å². The molecular weight excluding hydrogens is 388 g/mol. The Bertz CT molecular complexity index is 968. The molecule has 1 aliphatic heterocycles. The topological polar surface area (TPSA) is 59.4 Å². The SMILES string of the molecule is COc1cc(-n2cccc2)c(Cl)cc1C(=O)NC1CCN(c2ccccn2)CC1. The van der Waals surface area contributed by atoms with E-state index in [0.29, 0.717) is 16.3 Å². The highest BCUT2D eigenvalue weighted by Crippen LogP contribution is 2.30. The predicted octanol–water partition coefficient (Wildman–Crippen LogP) is 3.93. The summed E-state index contributed by atoms with van der Waals surface area (Å²) in [5, 5.41) is 3.63. The normalized spacial score (nSPS) is 14.6. The van der Waals surface area contributed by atoms with Crippen molar-refractivity contribution < 1.29 is 9.53 Å². The Morgan fingerprint density at radius 3 is 2.59 bits per heavy atom. The molecule has 4 rings (SSSR count). The van der Waals surface area contributed by atoms with E-state index in [4.69, 9.17) is 16.3 Å². The maximum atomic E-state index is 12.9. The van der Waals surface area contributed by atoms with Crippen molar-refractivity contribution in [3.63, 3.8) is 0 Å². The third-order valence-corrected chi connectivity index (χ3v) is 5.50. The third kappa shape index (κ3) is 4.22. The average molecular weight is 411 g/mol. The third-order valence-electron chi connectivity index (χ3n) is 5.20. The molecule has 0 unspecified atom stereocenters. The van der Waals surface area contributed by atoms with Gasteiger partial charge in [-0.15, -0.1) is 0 Å². The van der Waals surface area contributed by atoms with E-state index in [1.54, 1.807) is 25.4 Å². The van der Waals surface area contributed by atoms with Gasteiger partial charge in [0.25, 0.3) is 5.91 Å². The van der Waals surface area contributed by atoms with Crippen molar-refractivity contribution in [2.24, 2.45) is 0 Å². The Hall–Kier alpha value is -2.99. The molecule has 0 radical (unpaired) electrons. The van der Waals surface area contributed by atoms with E-state index in [0.717, 1.165) is 37.4 Å². The molecule has 1 fully saturated rings. The number of benzene rings is 1. The molecule has 6 nitrogen and oxygen atoms in total. The van der Waals surface area contributed by atoms with E-state index in [1.807, 2.05) is 47.3 Å². The Labute approximate surface area is 175 Å². The van der Waals surface area contributed by atoms with Crippen LogP contribution < -0.4 is 15.0 Å². The zero-order valence-electron chi connectivity index (χ0n) is 16.2. The first-order valence-electron chi connectivity index (χ1n) is 9.63. The molecular formula is C22H23ClN4O2. The number of anilines is 1. The molecule has 2 aromatic heterocycles. The number of carbonyl (C=O) groups is 1. The summed E-state index contributed by atoms with van der Waals surface area (Å²) in [7, 11) is 1.56. The van der Waals surface area contributed by atoms with E-state index in [-0.39, 0.29) is 11.9 Å². The number of hydrogen-bond donors (Lipinski definition) is 1. The lowest BCUT2D eigenvalue weighted by Gasteiger charge is -2.33. The van der Waals surface area contributed by atoms with E-state index >= 15 is 0 Å². The number of nitrogens with one attached hydrogen (secondary N) is 1.